The number of hydrogen-bond acceptors (Lipinski definition) is 2. The zero-order valence-corrected chi connectivity index (χ0v) is 7.73. The highest BCUT2D eigenvalue weighted by Gasteiger charge is 1.95. The Kier molecular flexibility index (Phi) is 3.54. The van der Waals surface area contributed by atoms with Crippen molar-refractivity contribution >= 4 is 17.2 Å². The predicted octanol–water partition coefficient (Wildman–Crippen LogP) is 1.94. The van der Waals surface area contributed by atoms with Crippen LogP contribution in [0.3, 0.4) is 0 Å². The fourth-order valence-electron chi connectivity index (χ4n) is 0.798. The van der Waals surface area contributed by atoms with Crippen LogP contribution < -0.4 is 5.32 Å². The molecule has 0 saturated carbocycles. The first-order valence-corrected chi connectivity index (χ1v) is 4.64. The number of thiophene rings is 1. The molecule has 1 heterocycles. The van der Waals surface area contributed by atoms with E-state index in [9.17, 15) is 4.79 Å². The van der Waals surface area contributed by atoms with Crippen molar-refractivity contribution in [2.24, 2.45) is 0 Å². The predicted molar refractivity (Wildman–Crippen MR) is 51.0 cm³/mol. The monoisotopic (exact) mass is 181 g/mol. The summed E-state index contributed by atoms with van der Waals surface area (Å²) in [5.74, 6) is -0.0362. The van der Waals surface area contributed by atoms with Gasteiger partial charge in [-0.25, -0.2) is 0 Å². The van der Waals surface area contributed by atoms with Crippen LogP contribution in [0.15, 0.2) is 29.7 Å². The number of allylic oxidation sites excluding steroid dienone is 1. The topological polar surface area (TPSA) is 29.1 Å². The Balaban J connectivity index is 2.31. The molecule has 1 rings (SSSR count). The van der Waals surface area contributed by atoms with Gasteiger partial charge in [0.15, 0.2) is 0 Å². The molecule has 1 aromatic rings. The number of amides is 1. The van der Waals surface area contributed by atoms with Crippen LogP contribution in [0, 0.1) is 0 Å². The Labute approximate surface area is 75.9 Å². The molecule has 0 unspecified atom stereocenters. The first-order valence-electron chi connectivity index (χ1n) is 3.76. The van der Waals surface area contributed by atoms with E-state index in [4.69, 9.17) is 0 Å². The lowest BCUT2D eigenvalue weighted by atomic mass is 10.4. The second-order valence-electron chi connectivity index (χ2n) is 2.30. The molecule has 0 fully saturated rings. The van der Waals surface area contributed by atoms with Gasteiger partial charge < -0.3 is 5.32 Å². The molecule has 3 heteroatoms. The maximum absolute atomic E-state index is 10.9. The van der Waals surface area contributed by atoms with Crippen molar-refractivity contribution < 1.29 is 4.79 Å². The lowest BCUT2D eigenvalue weighted by Crippen LogP contribution is -2.19. The maximum Gasteiger partial charge on any atom is 0.243 e. The molecule has 0 aliphatic rings. The van der Waals surface area contributed by atoms with Crippen molar-refractivity contribution in [1.29, 1.82) is 0 Å². The van der Waals surface area contributed by atoms with Crippen LogP contribution in [-0.4, -0.2) is 5.91 Å². The molecule has 64 valence electrons. The van der Waals surface area contributed by atoms with Gasteiger partial charge in [0.05, 0.1) is 6.54 Å². The van der Waals surface area contributed by atoms with Gasteiger partial charge in [0.25, 0.3) is 0 Å². The summed E-state index contributed by atoms with van der Waals surface area (Å²) in [5.41, 5.74) is 0. The average molecular weight is 181 g/mol. The Morgan fingerprint density at radius 2 is 2.58 bits per heavy atom. The SMILES string of the molecule is CC=CC(=O)NCc1cccs1. The quantitative estimate of drug-likeness (QED) is 0.709. The van der Waals surface area contributed by atoms with Gasteiger partial charge in [-0.2, -0.15) is 0 Å². The lowest BCUT2D eigenvalue weighted by Gasteiger charge is -1.97. The molecule has 0 aromatic carbocycles. The molecular formula is C9H11NOS. The van der Waals surface area contributed by atoms with E-state index >= 15 is 0 Å². The van der Waals surface area contributed by atoms with Crippen LogP contribution in [0.25, 0.3) is 0 Å². The van der Waals surface area contributed by atoms with Gasteiger partial charge in [0, 0.05) is 4.88 Å². The van der Waals surface area contributed by atoms with E-state index in [0.29, 0.717) is 6.54 Å². The molecule has 1 aromatic heterocycles. The average Bonchev–Trinajstić information content (AvgIpc) is 2.53. The molecule has 0 aliphatic carbocycles. The van der Waals surface area contributed by atoms with Crippen molar-refractivity contribution in [2.45, 2.75) is 13.5 Å². The van der Waals surface area contributed by atoms with Gasteiger partial charge in [-0.05, 0) is 24.4 Å². The van der Waals surface area contributed by atoms with Gasteiger partial charge in [-0.1, -0.05) is 12.1 Å². The Morgan fingerprint density at radius 1 is 1.75 bits per heavy atom. The zero-order chi connectivity index (χ0) is 8.81. The largest absolute Gasteiger partial charge is 0.348 e. The standard InChI is InChI=1S/C9H11NOS/c1-2-4-9(11)10-7-8-5-3-6-12-8/h2-6H,7H2,1H3,(H,10,11). The van der Waals surface area contributed by atoms with E-state index < -0.39 is 0 Å². The van der Waals surface area contributed by atoms with Crippen molar-refractivity contribution in [3.05, 3.63) is 34.5 Å². The fourth-order valence-corrected chi connectivity index (χ4v) is 1.44. The van der Waals surface area contributed by atoms with E-state index in [1.807, 2.05) is 24.4 Å². The first-order chi connectivity index (χ1) is 5.83. The minimum Gasteiger partial charge on any atom is -0.348 e. The van der Waals surface area contributed by atoms with Crippen molar-refractivity contribution in [3.63, 3.8) is 0 Å². The summed E-state index contributed by atoms with van der Waals surface area (Å²) in [5, 5.41) is 4.77. The first kappa shape index (κ1) is 9.00. The van der Waals surface area contributed by atoms with E-state index in [2.05, 4.69) is 5.32 Å². The van der Waals surface area contributed by atoms with Crippen LogP contribution in [0.2, 0.25) is 0 Å². The number of carbonyl (C=O) groups is 1. The van der Waals surface area contributed by atoms with Crippen LogP contribution >= 0.6 is 11.3 Å². The second kappa shape index (κ2) is 4.72. The van der Waals surface area contributed by atoms with Crippen LogP contribution in [0.1, 0.15) is 11.8 Å². The van der Waals surface area contributed by atoms with Gasteiger partial charge in [0.2, 0.25) is 5.91 Å². The minimum absolute atomic E-state index is 0.0362. The van der Waals surface area contributed by atoms with Gasteiger partial charge >= 0.3 is 0 Å². The van der Waals surface area contributed by atoms with E-state index in [1.54, 1.807) is 17.4 Å². The summed E-state index contributed by atoms with van der Waals surface area (Å²) in [6.45, 7) is 2.45. The highest BCUT2D eigenvalue weighted by atomic mass is 32.1. The fraction of sp³-hybridized carbons (Fsp3) is 0.222. The minimum atomic E-state index is -0.0362. The number of carbonyl (C=O) groups excluding carboxylic acids is 1. The molecule has 0 spiro atoms. The lowest BCUT2D eigenvalue weighted by molar-refractivity contribution is -0.116. The Bertz CT molecular complexity index is 264. The Morgan fingerprint density at radius 3 is 3.17 bits per heavy atom. The highest BCUT2D eigenvalue weighted by Crippen LogP contribution is 2.06. The number of nitrogens with one attached hydrogen (secondary N) is 1. The smallest absolute Gasteiger partial charge is 0.243 e. The van der Waals surface area contributed by atoms with Crippen LogP contribution in [-0.2, 0) is 11.3 Å². The van der Waals surface area contributed by atoms with Gasteiger partial charge in [0.1, 0.15) is 0 Å². The molecule has 0 radical (unpaired) electrons. The van der Waals surface area contributed by atoms with Crippen molar-refractivity contribution in [3.8, 4) is 0 Å². The molecule has 0 bridgehead atoms. The third-order valence-corrected chi connectivity index (χ3v) is 2.21. The maximum atomic E-state index is 10.9. The molecule has 0 atom stereocenters. The molecule has 1 amide bonds. The molecule has 2 nitrogen and oxygen atoms in total. The number of hydrogen-bond donors (Lipinski definition) is 1. The summed E-state index contributed by atoms with van der Waals surface area (Å²) in [4.78, 5) is 12.1. The molecule has 12 heavy (non-hydrogen) atoms. The van der Waals surface area contributed by atoms with Crippen molar-refractivity contribution in [2.75, 3.05) is 0 Å². The van der Waals surface area contributed by atoms with Crippen molar-refractivity contribution in [1.82, 2.24) is 5.32 Å². The second-order valence-corrected chi connectivity index (χ2v) is 3.33. The zero-order valence-electron chi connectivity index (χ0n) is 6.91. The van der Waals surface area contributed by atoms with E-state index in [-0.39, 0.29) is 5.91 Å². The molecule has 0 saturated heterocycles. The van der Waals surface area contributed by atoms with Crippen LogP contribution in [0.5, 0.6) is 0 Å². The van der Waals surface area contributed by atoms with Gasteiger partial charge in [-0.15, -0.1) is 11.3 Å². The summed E-state index contributed by atoms with van der Waals surface area (Å²) >= 11 is 1.64. The van der Waals surface area contributed by atoms with E-state index in [0.717, 1.165) is 0 Å². The molecule has 1 N–H and O–H groups in total. The van der Waals surface area contributed by atoms with E-state index in [1.165, 1.54) is 11.0 Å². The summed E-state index contributed by atoms with van der Waals surface area (Å²) in [6, 6.07) is 3.97. The third-order valence-electron chi connectivity index (χ3n) is 1.33. The Hall–Kier alpha value is -1.09. The molecule has 0 aliphatic heterocycles. The highest BCUT2D eigenvalue weighted by molar-refractivity contribution is 7.09. The van der Waals surface area contributed by atoms with Gasteiger partial charge in [-0.3, -0.25) is 4.79 Å². The third kappa shape index (κ3) is 2.88. The normalized spacial score (nSPS) is 10.4. The summed E-state index contributed by atoms with van der Waals surface area (Å²) in [6.07, 6.45) is 3.25. The molecular weight excluding hydrogens is 170 g/mol. The van der Waals surface area contributed by atoms with Crippen LogP contribution in [0.4, 0.5) is 0 Å². The summed E-state index contributed by atoms with van der Waals surface area (Å²) in [7, 11) is 0. The number of rotatable bonds is 3. The summed E-state index contributed by atoms with van der Waals surface area (Å²) < 4.78 is 0.